The second-order valence-corrected chi connectivity index (χ2v) is 7.52. The Hall–Kier alpha value is -3.16. The van der Waals surface area contributed by atoms with Crippen molar-refractivity contribution in [3.8, 4) is 0 Å². The molecule has 0 aliphatic rings. The van der Waals surface area contributed by atoms with E-state index in [-0.39, 0.29) is 12.5 Å². The molecule has 4 rings (SSSR count). The molecule has 1 atom stereocenters. The van der Waals surface area contributed by atoms with E-state index in [1.807, 2.05) is 42.5 Å². The zero-order valence-corrected chi connectivity index (χ0v) is 15.7. The van der Waals surface area contributed by atoms with Crippen LogP contribution in [0.2, 0.25) is 0 Å². The van der Waals surface area contributed by atoms with Crippen molar-refractivity contribution in [1.29, 1.82) is 0 Å². The third kappa shape index (κ3) is 3.76. The van der Waals surface area contributed by atoms with E-state index < -0.39 is 11.9 Å². The van der Waals surface area contributed by atoms with Gasteiger partial charge in [0.2, 0.25) is 5.91 Å². The fourth-order valence-corrected chi connectivity index (χ4v) is 3.95. The van der Waals surface area contributed by atoms with Crippen LogP contribution in [0, 0.1) is 0 Å². The number of para-hydroxylation sites is 2. The average Bonchev–Trinajstić information content (AvgIpc) is 3.31. The molecule has 7 heteroatoms. The molecule has 0 aliphatic carbocycles. The van der Waals surface area contributed by atoms with E-state index in [4.69, 9.17) is 4.42 Å². The van der Waals surface area contributed by atoms with E-state index in [0.29, 0.717) is 17.6 Å². The fourth-order valence-electron chi connectivity index (χ4n) is 2.98. The van der Waals surface area contributed by atoms with E-state index in [1.54, 1.807) is 24.3 Å². The third-order valence-corrected chi connectivity index (χ3v) is 5.54. The molecular weight excluding hydrogens is 376 g/mol. The quantitative estimate of drug-likeness (QED) is 0.526. The number of rotatable bonds is 6. The minimum absolute atomic E-state index is 0.110. The van der Waals surface area contributed by atoms with Gasteiger partial charge in [0, 0.05) is 9.75 Å². The lowest BCUT2D eigenvalue weighted by atomic mass is 10.1. The summed E-state index contributed by atoms with van der Waals surface area (Å²) in [5, 5.41) is 13.3. The zero-order valence-electron chi connectivity index (χ0n) is 14.9. The molecule has 4 aromatic rings. The lowest BCUT2D eigenvalue weighted by Crippen LogP contribution is -2.30. The first-order chi connectivity index (χ1) is 13.6. The van der Waals surface area contributed by atoms with Crippen molar-refractivity contribution in [3.05, 3.63) is 92.6 Å². The first-order valence-corrected chi connectivity index (χ1v) is 9.60. The molecule has 0 aliphatic heterocycles. The highest BCUT2D eigenvalue weighted by molar-refractivity contribution is 7.12. The molecular formula is C21H18N2O4S. The molecule has 0 bridgehead atoms. The van der Waals surface area contributed by atoms with Crippen molar-refractivity contribution in [1.82, 2.24) is 9.88 Å². The van der Waals surface area contributed by atoms with Gasteiger partial charge >= 0.3 is 5.76 Å². The van der Waals surface area contributed by atoms with E-state index in [0.717, 1.165) is 15.3 Å². The van der Waals surface area contributed by atoms with Gasteiger partial charge in [0.05, 0.1) is 12.1 Å². The SMILES string of the molecule is O=C(Cn1c(=O)oc2ccccc21)NCc1ccc(C(O)c2ccccc2)s1. The Balaban J connectivity index is 1.40. The lowest BCUT2D eigenvalue weighted by Gasteiger charge is -2.08. The Bertz CT molecular complexity index is 1160. The largest absolute Gasteiger partial charge is 0.420 e. The van der Waals surface area contributed by atoms with Gasteiger partial charge in [-0.15, -0.1) is 11.3 Å². The minimum Gasteiger partial charge on any atom is -0.408 e. The third-order valence-electron chi connectivity index (χ3n) is 4.40. The van der Waals surface area contributed by atoms with Gasteiger partial charge in [0.1, 0.15) is 12.6 Å². The summed E-state index contributed by atoms with van der Waals surface area (Å²) in [4.78, 5) is 26.0. The number of aliphatic hydroxyl groups excluding tert-OH is 1. The topological polar surface area (TPSA) is 84.5 Å². The number of benzene rings is 2. The number of oxazole rings is 1. The number of nitrogens with one attached hydrogen (secondary N) is 1. The molecule has 0 saturated carbocycles. The van der Waals surface area contributed by atoms with Gasteiger partial charge in [-0.1, -0.05) is 42.5 Å². The van der Waals surface area contributed by atoms with Gasteiger partial charge in [-0.05, 0) is 29.8 Å². The maximum absolute atomic E-state index is 12.3. The Labute approximate surface area is 164 Å². The van der Waals surface area contributed by atoms with Gasteiger partial charge in [-0.3, -0.25) is 9.36 Å². The van der Waals surface area contributed by atoms with Crippen LogP contribution in [0.25, 0.3) is 11.1 Å². The number of thiophene rings is 1. The predicted molar refractivity (Wildman–Crippen MR) is 107 cm³/mol. The number of aromatic nitrogens is 1. The van der Waals surface area contributed by atoms with Crippen molar-refractivity contribution in [2.24, 2.45) is 0 Å². The molecule has 28 heavy (non-hydrogen) atoms. The average molecular weight is 394 g/mol. The molecule has 0 fully saturated rings. The number of hydrogen-bond acceptors (Lipinski definition) is 5. The van der Waals surface area contributed by atoms with Gasteiger partial charge < -0.3 is 14.8 Å². The first-order valence-electron chi connectivity index (χ1n) is 8.78. The second-order valence-electron chi connectivity index (χ2n) is 6.32. The maximum atomic E-state index is 12.3. The van der Waals surface area contributed by atoms with Crippen molar-refractivity contribution in [2.45, 2.75) is 19.2 Å². The molecule has 2 N–H and O–H groups in total. The summed E-state index contributed by atoms with van der Waals surface area (Å²) >= 11 is 1.44. The Morgan fingerprint density at radius 3 is 2.64 bits per heavy atom. The van der Waals surface area contributed by atoms with Crippen LogP contribution in [0.1, 0.15) is 21.4 Å². The van der Waals surface area contributed by atoms with Crippen LogP contribution in [-0.2, 0) is 17.9 Å². The normalized spacial score (nSPS) is 12.2. The van der Waals surface area contributed by atoms with Crippen LogP contribution in [0.3, 0.4) is 0 Å². The molecule has 0 spiro atoms. The lowest BCUT2D eigenvalue weighted by molar-refractivity contribution is -0.121. The number of aliphatic hydroxyl groups is 1. The van der Waals surface area contributed by atoms with Crippen molar-refractivity contribution in [3.63, 3.8) is 0 Å². The summed E-state index contributed by atoms with van der Waals surface area (Å²) in [6.07, 6.45) is -0.688. The minimum atomic E-state index is -0.688. The van der Waals surface area contributed by atoms with Gasteiger partial charge in [-0.2, -0.15) is 0 Å². The fraction of sp³-hybridized carbons (Fsp3) is 0.143. The van der Waals surface area contributed by atoms with E-state index >= 15 is 0 Å². The number of fused-ring (bicyclic) bond motifs is 1. The summed E-state index contributed by atoms with van der Waals surface area (Å²) < 4.78 is 6.45. The van der Waals surface area contributed by atoms with E-state index in [1.165, 1.54) is 15.9 Å². The molecule has 2 aromatic heterocycles. The highest BCUT2D eigenvalue weighted by Gasteiger charge is 2.14. The summed E-state index contributed by atoms with van der Waals surface area (Å²) in [6, 6.07) is 20.1. The van der Waals surface area contributed by atoms with Crippen LogP contribution in [0.5, 0.6) is 0 Å². The predicted octanol–water partition coefficient (Wildman–Crippen LogP) is 3.05. The van der Waals surface area contributed by atoms with Crippen molar-refractivity contribution >= 4 is 28.3 Å². The van der Waals surface area contributed by atoms with Gasteiger partial charge in [0.25, 0.3) is 0 Å². The van der Waals surface area contributed by atoms with Crippen LogP contribution in [-0.4, -0.2) is 15.6 Å². The molecule has 142 valence electrons. The highest BCUT2D eigenvalue weighted by atomic mass is 32.1. The Morgan fingerprint density at radius 2 is 1.82 bits per heavy atom. The number of carbonyl (C=O) groups is 1. The Kier molecular flexibility index (Phi) is 5.10. The standard InChI is InChI=1S/C21H18N2O4S/c24-19(13-23-16-8-4-5-9-17(16)27-21(23)26)22-12-15-10-11-18(28-15)20(25)14-6-2-1-3-7-14/h1-11,20,25H,12-13H2,(H,22,24). The number of carbonyl (C=O) groups excluding carboxylic acids is 1. The van der Waals surface area contributed by atoms with Crippen LogP contribution in [0.15, 0.2) is 75.9 Å². The van der Waals surface area contributed by atoms with Crippen molar-refractivity contribution in [2.75, 3.05) is 0 Å². The number of hydrogen-bond donors (Lipinski definition) is 2. The van der Waals surface area contributed by atoms with Gasteiger partial charge in [0.15, 0.2) is 5.58 Å². The first kappa shape index (κ1) is 18.2. The smallest absolute Gasteiger partial charge is 0.408 e. The summed E-state index contributed by atoms with van der Waals surface area (Å²) in [5.41, 5.74) is 1.87. The molecule has 1 unspecified atom stereocenters. The van der Waals surface area contributed by atoms with E-state index in [9.17, 15) is 14.7 Å². The zero-order chi connectivity index (χ0) is 19.5. The van der Waals surface area contributed by atoms with Crippen LogP contribution >= 0.6 is 11.3 Å². The molecule has 1 amide bonds. The molecule has 0 saturated heterocycles. The van der Waals surface area contributed by atoms with Crippen LogP contribution < -0.4 is 11.1 Å². The Morgan fingerprint density at radius 1 is 1.07 bits per heavy atom. The number of nitrogens with zero attached hydrogens (tertiary/aromatic N) is 1. The summed E-state index contributed by atoms with van der Waals surface area (Å²) in [5.74, 6) is -0.840. The maximum Gasteiger partial charge on any atom is 0.420 e. The molecule has 0 radical (unpaired) electrons. The second kappa shape index (κ2) is 7.84. The van der Waals surface area contributed by atoms with Gasteiger partial charge in [-0.25, -0.2) is 4.79 Å². The van der Waals surface area contributed by atoms with E-state index in [2.05, 4.69) is 5.32 Å². The van der Waals surface area contributed by atoms with Crippen LogP contribution in [0.4, 0.5) is 0 Å². The highest BCUT2D eigenvalue weighted by Crippen LogP contribution is 2.28. The van der Waals surface area contributed by atoms with Crippen molar-refractivity contribution < 1.29 is 14.3 Å². The number of amides is 1. The molecule has 2 aromatic carbocycles. The summed E-state index contributed by atoms with van der Waals surface area (Å²) in [6.45, 7) is 0.219. The monoisotopic (exact) mass is 394 g/mol. The summed E-state index contributed by atoms with van der Waals surface area (Å²) in [7, 11) is 0. The molecule has 6 nitrogen and oxygen atoms in total. The molecule has 2 heterocycles.